The van der Waals surface area contributed by atoms with Crippen LogP contribution in [0.4, 0.5) is 45.5 Å². The molecular formula is C49H48N10O26S4. The summed E-state index contributed by atoms with van der Waals surface area (Å²) in [5.74, 6) is -5.90. The Morgan fingerprint density at radius 2 is 1.02 bits per heavy atom. The number of carboxylic acids is 1. The van der Waals surface area contributed by atoms with Gasteiger partial charge in [-0.25, -0.2) is 4.79 Å². The lowest BCUT2D eigenvalue weighted by molar-refractivity contribution is 0.0538. The Bertz CT molecular complexity index is 4520. The second-order valence-corrected chi connectivity index (χ2v) is 23.2. The summed E-state index contributed by atoms with van der Waals surface area (Å²) >= 11 is 0. The van der Waals surface area contributed by atoms with Gasteiger partial charge in [0.15, 0.2) is 11.4 Å². The van der Waals surface area contributed by atoms with Crippen molar-refractivity contribution in [2.45, 2.75) is 32.6 Å². The number of ether oxygens (including phenoxy) is 6. The first-order valence-electron chi connectivity index (χ1n) is 24.5. The van der Waals surface area contributed by atoms with Gasteiger partial charge >= 0.3 is 5.97 Å². The number of fused-ring (bicyclic) bond motifs is 1. The summed E-state index contributed by atoms with van der Waals surface area (Å²) in [5, 5.41) is 106. The van der Waals surface area contributed by atoms with Gasteiger partial charge in [-0.2, -0.15) is 43.5 Å². The van der Waals surface area contributed by atoms with E-state index < -0.39 is 168 Å². The van der Waals surface area contributed by atoms with Crippen molar-refractivity contribution in [3.05, 3.63) is 84.1 Å². The number of rotatable bonds is 27. The highest BCUT2D eigenvalue weighted by Gasteiger charge is 2.32. The van der Waals surface area contributed by atoms with Gasteiger partial charge in [-0.1, -0.05) is 0 Å². The molecule has 0 radical (unpaired) electrons. The maximum Gasteiger partial charge on any atom is 0.358 e. The molecule has 0 aliphatic heterocycles. The molecule has 0 spiro atoms. The van der Waals surface area contributed by atoms with E-state index in [1.54, 1.807) is 0 Å². The van der Waals surface area contributed by atoms with Crippen molar-refractivity contribution in [2.75, 3.05) is 61.0 Å². The second kappa shape index (κ2) is 27.3. The van der Waals surface area contributed by atoms with Crippen molar-refractivity contribution in [3.63, 3.8) is 0 Å². The monoisotopic (exact) mass is 1320 g/mol. The van der Waals surface area contributed by atoms with Gasteiger partial charge in [-0.3, -0.25) is 18.2 Å². The van der Waals surface area contributed by atoms with E-state index in [0.717, 1.165) is 61.7 Å². The van der Waals surface area contributed by atoms with Crippen LogP contribution in [-0.2, 0) is 40.5 Å². The van der Waals surface area contributed by atoms with Gasteiger partial charge in [0, 0.05) is 47.2 Å². The highest BCUT2D eigenvalue weighted by molar-refractivity contribution is 7.87. The third-order valence-corrected chi connectivity index (χ3v) is 15.5. The molecular weight excluding hydrogens is 1270 g/mol. The molecule has 0 aliphatic carbocycles. The van der Waals surface area contributed by atoms with Crippen molar-refractivity contribution in [3.8, 4) is 51.8 Å². The molecule has 0 bridgehead atoms. The Balaban J connectivity index is 1.35. The predicted molar refractivity (Wildman–Crippen MR) is 301 cm³/mol. The van der Waals surface area contributed by atoms with Gasteiger partial charge in [0.25, 0.3) is 40.5 Å². The van der Waals surface area contributed by atoms with Crippen molar-refractivity contribution < 1.29 is 121 Å². The third-order valence-electron chi connectivity index (χ3n) is 11.9. The van der Waals surface area contributed by atoms with Crippen LogP contribution < -0.4 is 28.4 Å². The normalized spacial score (nSPS) is 12.9. The third kappa shape index (κ3) is 15.3. The topological polar surface area (TPSA) is 548 Å². The number of nitrogens with zero attached hydrogens (tertiary/aromatic N) is 10. The number of carboxylic acid groups (broad SMARTS) is 1. The Labute approximate surface area is 501 Å². The first kappa shape index (κ1) is 67.1. The number of carbonyl (C=O) groups is 1. The fourth-order valence-corrected chi connectivity index (χ4v) is 10.7. The molecule has 0 aliphatic rings. The Morgan fingerprint density at radius 3 is 1.52 bits per heavy atom. The van der Waals surface area contributed by atoms with Crippen LogP contribution in [0.25, 0.3) is 16.5 Å². The number of aromatic hydroxyl groups is 2. The summed E-state index contributed by atoms with van der Waals surface area (Å²) in [6.07, 6.45) is -1.49. The molecule has 1 unspecified atom stereocenters. The average Bonchev–Trinajstić information content (AvgIpc) is 1.97. The quantitative estimate of drug-likeness (QED) is 0.0191. The van der Waals surface area contributed by atoms with Gasteiger partial charge in [0.05, 0.1) is 46.8 Å². The number of phenols is 1. The molecule has 1 aromatic heterocycles. The maximum absolute atomic E-state index is 13.4. The van der Waals surface area contributed by atoms with Crippen molar-refractivity contribution >= 4 is 103 Å². The smallest absolute Gasteiger partial charge is 0.358 e. The van der Waals surface area contributed by atoms with Gasteiger partial charge in [-0.15, -0.1) is 40.9 Å². The van der Waals surface area contributed by atoms with E-state index >= 15 is 0 Å². The van der Waals surface area contributed by atoms with Gasteiger partial charge in [-0.05, 0) is 48.9 Å². The van der Waals surface area contributed by atoms with E-state index in [4.69, 9.17) is 28.4 Å². The Morgan fingerprint density at radius 1 is 0.539 bits per heavy atom. The van der Waals surface area contributed by atoms with Gasteiger partial charge in [0.1, 0.15) is 120 Å². The lowest BCUT2D eigenvalue weighted by Gasteiger charge is -2.15. The van der Waals surface area contributed by atoms with Crippen LogP contribution in [0, 0.1) is 6.92 Å². The summed E-state index contributed by atoms with van der Waals surface area (Å²) in [4.78, 5) is 8.69. The molecule has 40 heteroatoms. The summed E-state index contributed by atoms with van der Waals surface area (Å²) in [7, 11) is -17.5. The molecule has 89 heavy (non-hydrogen) atoms. The van der Waals surface area contributed by atoms with Gasteiger partial charge in [0.2, 0.25) is 11.6 Å². The van der Waals surface area contributed by atoms with Crippen molar-refractivity contribution in [1.29, 1.82) is 0 Å². The largest absolute Gasteiger partial charge is 0.505 e. The summed E-state index contributed by atoms with van der Waals surface area (Å²) in [6.45, 7) is -2.16. The van der Waals surface area contributed by atoms with Crippen LogP contribution in [0.2, 0.25) is 0 Å². The number of aliphatic hydroxyl groups is 4. The van der Waals surface area contributed by atoms with E-state index in [9.17, 15) is 92.4 Å². The number of aromatic nitrogens is 2. The standard InChI is InChI=1S/C49H48N10O26S4/c1-23-13-29(36(82-4)20-40(23)86(68,69)70)51-53-31-16-35(81-3)30(17-39(31)85-22-24(63)21-62)54-56-43-42(88(74,75)76)15-27-26(46(43)64)6-8-34(47(27)89(77,78)79)59-48(65)44(45(58-59)49(66)67)57-55-33-19-37(83-11-9-60)32(18-38(33)84-12-10-61)52-50-28-7-5-25(80-2)14-41(28)87(71,72)73/h5-8,13-20,24,60-65H,9-12,21-22H2,1-4H3,(H,66,67)(H,68,69,70)(H,71,72,73)(H,74,75,76)(H,77,78,79)/b52-50?,53-51+,56-54+,57-55+. The first-order valence-corrected chi connectivity index (χ1v) is 30.3. The molecule has 36 nitrogen and oxygen atoms in total. The summed E-state index contributed by atoms with van der Waals surface area (Å²) < 4.78 is 175. The van der Waals surface area contributed by atoms with Crippen LogP contribution in [0.3, 0.4) is 0 Å². The number of hydrogen-bond acceptors (Lipinski definition) is 30. The first-order chi connectivity index (χ1) is 41.9. The minimum Gasteiger partial charge on any atom is -0.505 e. The molecule has 6 aromatic carbocycles. The predicted octanol–water partition coefficient (Wildman–Crippen LogP) is 6.59. The molecule has 1 atom stereocenters. The molecule has 474 valence electrons. The van der Waals surface area contributed by atoms with Crippen LogP contribution >= 0.6 is 0 Å². The number of aromatic carboxylic acids is 1. The minimum atomic E-state index is -5.76. The molecule has 1 heterocycles. The SMILES string of the molecule is COc1ccc(N=Nc2cc(OCCO)c(/N=N/c3c(C(=O)O)nn(-c4ccc5c(O)c(/N=N/c6cc(OCC(O)CO)c(/N=N/c7cc(C)c(S(=O)(=O)O)cc7OC)cc6OC)c(S(=O)(=O)O)cc5c4S(=O)(=O)O)c3O)cc2OCCO)c(S(=O)(=O)O)c1. The molecule has 0 fully saturated rings. The van der Waals surface area contributed by atoms with E-state index in [0.29, 0.717) is 6.07 Å². The summed E-state index contributed by atoms with van der Waals surface area (Å²) in [6, 6.07) is 11.8. The number of hydrogen-bond donors (Lipinski definition) is 11. The molecule has 7 rings (SSSR count). The van der Waals surface area contributed by atoms with E-state index in [2.05, 4.69) is 46.0 Å². The van der Waals surface area contributed by atoms with E-state index in [-0.39, 0.29) is 67.5 Å². The average molecular weight is 1320 g/mol. The van der Waals surface area contributed by atoms with Crippen LogP contribution in [0.1, 0.15) is 16.1 Å². The number of benzene rings is 6. The number of methoxy groups -OCH3 is 3. The fraction of sp³-hybridized carbons (Fsp3) is 0.224. The molecule has 0 saturated heterocycles. The number of phenolic OH excluding ortho intramolecular Hbond substituents is 1. The number of aliphatic hydroxyl groups excluding tert-OH is 4. The maximum atomic E-state index is 13.4. The Kier molecular flexibility index (Phi) is 20.6. The molecule has 0 saturated carbocycles. The van der Waals surface area contributed by atoms with E-state index in [1.807, 2.05) is 0 Å². The van der Waals surface area contributed by atoms with Crippen LogP contribution in [-0.4, -0.2) is 170 Å². The summed E-state index contributed by atoms with van der Waals surface area (Å²) in [5.41, 5.74) is -6.00. The fourth-order valence-electron chi connectivity index (χ4n) is 7.88. The van der Waals surface area contributed by atoms with Crippen LogP contribution in [0.5, 0.6) is 46.1 Å². The van der Waals surface area contributed by atoms with Crippen LogP contribution in [0.15, 0.2) is 133 Å². The zero-order valence-corrected chi connectivity index (χ0v) is 49.2. The molecule has 7 aromatic rings. The number of aryl methyl sites for hydroxylation is 1. The second-order valence-electron chi connectivity index (χ2n) is 17.7. The van der Waals surface area contributed by atoms with E-state index in [1.165, 1.54) is 33.3 Å². The lowest BCUT2D eigenvalue weighted by atomic mass is 10.1. The highest BCUT2D eigenvalue weighted by Crippen LogP contribution is 2.49. The minimum absolute atomic E-state index is 0.0190. The van der Waals surface area contributed by atoms with Crippen molar-refractivity contribution in [1.82, 2.24) is 9.78 Å². The zero-order valence-electron chi connectivity index (χ0n) is 45.9. The Hall–Kier alpha value is -9.46. The molecule has 0 amide bonds. The lowest BCUT2D eigenvalue weighted by Crippen LogP contribution is -2.21. The number of azo groups is 4. The van der Waals surface area contributed by atoms with Gasteiger partial charge < -0.3 is 64.2 Å². The van der Waals surface area contributed by atoms with Crippen molar-refractivity contribution in [2.24, 2.45) is 40.9 Å². The molecule has 11 N–H and O–H groups in total. The zero-order chi connectivity index (χ0) is 65.5. The highest BCUT2D eigenvalue weighted by atomic mass is 32.2.